The van der Waals surface area contributed by atoms with Crippen molar-refractivity contribution in [1.29, 1.82) is 0 Å². The number of ether oxygens (including phenoxy) is 1. The van der Waals surface area contributed by atoms with Crippen LogP contribution in [0.2, 0.25) is 0 Å². The highest BCUT2D eigenvalue weighted by Gasteiger charge is 2.28. The standard InChI is InChI=1S/C23H28N8O3/c1-3-30(13-16-12-26-20-18(27-16)19(24)28-23(25)29-20)17-6-4-14(5-7-17)21(32)31-10-8-15(9-11-31)22(33)34-2/h4-7,12,15H,3,8-11,13H2,1-2H3,(H4,24,25,26,28,29). The van der Waals surface area contributed by atoms with Crippen LogP contribution in [0.3, 0.4) is 0 Å². The van der Waals surface area contributed by atoms with Crippen LogP contribution in [-0.4, -0.2) is 63.5 Å². The number of piperidine rings is 1. The summed E-state index contributed by atoms with van der Waals surface area (Å²) in [6, 6.07) is 7.50. The molecule has 11 heteroatoms. The van der Waals surface area contributed by atoms with E-state index < -0.39 is 0 Å². The van der Waals surface area contributed by atoms with Gasteiger partial charge >= 0.3 is 5.97 Å². The molecular formula is C23H28N8O3. The average Bonchev–Trinajstić information content (AvgIpc) is 2.86. The number of methoxy groups -OCH3 is 1. The molecule has 0 aliphatic carbocycles. The van der Waals surface area contributed by atoms with Gasteiger partial charge in [-0.25, -0.2) is 9.97 Å². The van der Waals surface area contributed by atoms with E-state index in [0.29, 0.717) is 54.9 Å². The minimum Gasteiger partial charge on any atom is -0.469 e. The van der Waals surface area contributed by atoms with Crippen molar-refractivity contribution < 1.29 is 14.3 Å². The summed E-state index contributed by atoms with van der Waals surface area (Å²) in [4.78, 5) is 45.4. The maximum Gasteiger partial charge on any atom is 0.308 e. The Bertz CT molecular complexity index is 1190. The highest BCUT2D eigenvalue weighted by atomic mass is 16.5. The zero-order valence-electron chi connectivity index (χ0n) is 19.3. The van der Waals surface area contributed by atoms with Crippen LogP contribution in [0.4, 0.5) is 17.5 Å². The van der Waals surface area contributed by atoms with Gasteiger partial charge in [0, 0.05) is 30.9 Å². The molecule has 34 heavy (non-hydrogen) atoms. The van der Waals surface area contributed by atoms with E-state index in [1.165, 1.54) is 7.11 Å². The molecular weight excluding hydrogens is 436 g/mol. The molecule has 0 bridgehead atoms. The summed E-state index contributed by atoms with van der Waals surface area (Å²) in [7, 11) is 1.40. The van der Waals surface area contributed by atoms with E-state index in [1.807, 2.05) is 31.2 Å². The molecule has 0 spiro atoms. The molecule has 0 saturated carbocycles. The molecule has 0 unspecified atom stereocenters. The molecule has 4 rings (SSSR count). The first kappa shape index (κ1) is 23.1. The number of likely N-dealkylation sites (tertiary alicyclic amines) is 1. The first-order chi connectivity index (χ1) is 16.4. The third-order valence-electron chi connectivity index (χ3n) is 6.03. The third kappa shape index (κ3) is 4.82. The maximum atomic E-state index is 12.9. The van der Waals surface area contributed by atoms with Gasteiger partial charge in [-0.2, -0.15) is 9.97 Å². The van der Waals surface area contributed by atoms with Gasteiger partial charge in [0.05, 0.1) is 31.5 Å². The molecule has 1 amide bonds. The number of rotatable bonds is 6. The lowest BCUT2D eigenvalue weighted by atomic mass is 9.96. The van der Waals surface area contributed by atoms with Crippen LogP contribution in [-0.2, 0) is 16.1 Å². The highest BCUT2D eigenvalue weighted by Crippen LogP contribution is 2.23. The van der Waals surface area contributed by atoms with E-state index in [2.05, 4.69) is 24.8 Å². The Labute approximate surface area is 197 Å². The van der Waals surface area contributed by atoms with E-state index in [4.69, 9.17) is 16.2 Å². The maximum absolute atomic E-state index is 12.9. The van der Waals surface area contributed by atoms with E-state index in [0.717, 1.165) is 12.2 Å². The smallest absolute Gasteiger partial charge is 0.308 e. The number of hydrogen-bond donors (Lipinski definition) is 2. The Kier molecular flexibility index (Phi) is 6.71. The van der Waals surface area contributed by atoms with Crippen molar-refractivity contribution >= 4 is 40.5 Å². The fourth-order valence-corrected chi connectivity index (χ4v) is 4.12. The quantitative estimate of drug-likeness (QED) is 0.515. The Balaban J connectivity index is 1.43. The Morgan fingerprint density at radius 1 is 1.12 bits per heavy atom. The molecule has 1 aromatic carbocycles. The topological polar surface area (TPSA) is 153 Å². The Hall–Kier alpha value is -4.02. The zero-order valence-corrected chi connectivity index (χ0v) is 19.3. The molecule has 1 aliphatic heterocycles. The van der Waals surface area contributed by atoms with Crippen molar-refractivity contribution in [2.75, 3.05) is 43.1 Å². The molecule has 1 saturated heterocycles. The molecule has 3 heterocycles. The van der Waals surface area contributed by atoms with Crippen LogP contribution >= 0.6 is 0 Å². The van der Waals surface area contributed by atoms with Crippen LogP contribution in [0, 0.1) is 5.92 Å². The normalized spacial score (nSPS) is 14.2. The number of hydrogen-bond acceptors (Lipinski definition) is 10. The van der Waals surface area contributed by atoms with Gasteiger partial charge in [-0.3, -0.25) is 9.59 Å². The molecule has 2 aromatic heterocycles. The Morgan fingerprint density at radius 3 is 2.47 bits per heavy atom. The summed E-state index contributed by atoms with van der Waals surface area (Å²) in [5, 5.41) is 0. The first-order valence-corrected chi connectivity index (χ1v) is 11.2. The molecule has 11 nitrogen and oxygen atoms in total. The number of benzene rings is 1. The lowest BCUT2D eigenvalue weighted by molar-refractivity contribution is -0.146. The van der Waals surface area contributed by atoms with E-state index in [-0.39, 0.29) is 29.6 Å². The lowest BCUT2D eigenvalue weighted by Gasteiger charge is -2.31. The number of esters is 1. The van der Waals surface area contributed by atoms with Crippen molar-refractivity contribution in [3.63, 3.8) is 0 Å². The molecule has 0 atom stereocenters. The summed E-state index contributed by atoms with van der Waals surface area (Å²) in [5.74, 6) is -0.116. The van der Waals surface area contributed by atoms with Gasteiger partial charge in [-0.1, -0.05) is 0 Å². The van der Waals surface area contributed by atoms with Gasteiger partial charge in [0.15, 0.2) is 17.0 Å². The van der Waals surface area contributed by atoms with Crippen molar-refractivity contribution in [1.82, 2.24) is 24.8 Å². The highest BCUT2D eigenvalue weighted by molar-refractivity contribution is 5.94. The number of nitrogens with two attached hydrogens (primary N) is 2. The van der Waals surface area contributed by atoms with Gasteiger partial charge in [0.1, 0.15) is 0 Å². The van der Waals surface area contributed by atoms with E-state index >= 15 is 0 Å². The van der Waals surface area contributed by atoms with Gasteiger partial charge in [0.25, 0.3) is 5.91 Å². The number of carbonyl (C=O) groups is 2. The number of fused-ring (bicyclic) bond motifs is 1. The van der Waals surface area contributed by atoms with Crippen molar-refractivity contribution in [3.05, 3.63) is 41.7 Å². The zero-order chi connectivity index (χ0) is 24.2. The SMILES string of the molecule is CCN(Cc1cnc2nc(N)nc(N)c2n1)c1ccc(C(=O)N2CCC(C(=O)OC)CC2)cc1. The number of nitrogen functional groups attached to an aromatic ring is 2. The minimum atomic E-state index is -0.202. The fraction of sp³-hybridized carbons (Fsp3) is 0.391. The number of carbonyl (C=O) groups excluding carboxylic acids is 2. The van der Waals surface area contributed by atoms with Crippen molar-refractivity contribution in [3.8, 4) is 0 Å². The summed E-state index contributed by atoms with van der Waals surface area (Å²) in [6.45, 7) is 4.34. The Morgan fingerprint density at radius 2 is 1.82 bits per heavy atom. The number of amides is 1. The van der Waals surface area contributed by atoms with E-state index in [9.17, 15) is 9.59 Å². The predicted molar refractivity (Wildman–Crippen MR) is 128 cm³/mol. The van der Waals surface area contributed by atoms with Gasteiger partial charge < -0.3 is 26.0 Å². The third-order valence-corrected chi connectivity index (χ3v) is 6.03. The van der Waals surface area contributed by atoms with Gasteiger partial charge in [-0.05, 0) is 44.0 Å². The number of nitrogens with zero attached hydrogens (tertiary/aromatic N) is 6. The number of anilines is 3. The average molecular weight is 465 g/mol. The molecule has 4 N–H and O–H groups in total. The number of aromatic nitrogens is 4. The second-order valence-corrected chi connectivity index (χ2v) is 8.15. The second-order valence-electron chi connectivity index (χ2n) is 8.15. The monoisotopic (exact) mass is 464 g/mol. The van der Waals surface area contributed by atoms with Gasteiger partial charge in [-0.15, -0.1) is 0 Å². The molecule has 0 radical (unpaired) electrons. The minimum absolute atomic E-state index is 0.0342. The van der Waals surface area contributed by atoms with Crippen LogP contribution in [0.5, 0.6) is 0 Å². The van der Waals surface area contributed by atoms with Crippen molar-refractivity contribution in [2.45, 2.75) is 26.3 Å². The molecule has 178 valence electrons. The molecule has 3 aromatic rings. The molecule has 1 aliphatic rings. The summed E-state index contributed by atoms with van der Waals surface area (Å²) < 4.78 is 4.82. The van der Waals surface area contributed by atoms with Crippen LogP contribution in [0.25, 0.3) is 11.2 Å². The summed E-state index contributed by atoms with van der Waals surface area (Å²) in [6.07, 6.45) is 2.89. The predicted octanol–water partition coefficient (Wildman–Crippen LogP) is 1.64. The largest absolute Gasteiger partial charge is 0.469 e. The first-order valence-electron chi connectivity index (χ1n) is 11.2. The van der Waals surface area contributed by atoms with E-state index in [1.54, 1.807) is 11.1 Å². The summed E-state index contributed by atoms with van der Waals surface area (Å²) >= 11 is 0. The lowest BCUT2D eigenvalue weighted by Crippen LogP contribution is -2.40. The summed E-state index contributed by atoms with van der Waals surface area (Å²) in [5.41, 5.74) is 14.6. The molecule has 1 fully saturated rings. The van der Waals surface area contributed by atoms with Gasteiger partial charge in [0.2, 0.25) is 5.95 Å². The van der Waals surface area contributed by atoms with Crippen molar-refractivity contribution in [2.24, 2.45) is 5.92 Å². The van der Waals surface area contributed by atoms with Crippen LogP contribution in [0.15, 0.2) is 30.5 Å². The second kappa shape index (κ2) is 9.86. The van der Waals surface area contributed by atoms with Crippen LogP contribution in [0.1, 0.15) is 35.8 Å². The van der Waals surface area contributed by atoms with Crippen LogP contribution < -0.4 is 16.4 Å². The fourth-order valence-electron chi connectivity index (χ4n) is 4.12.